The van der Waals surface area contributed by atoms with Gasteiger partial charge in [0.25, 0.3) is 0 Å². The van der Waals surface area contributed by atoms with Gasteiger partial charge in [0, 0.05) is 32.4 Å². The van der Waals surface area contributed by atoms with E-state index in [1.807, 2.05) is 0 Å². The van der Waals surface area contributed by atoms with Gasteiger partial charge >= 0.3 is 6.03 Å². The lowest BCUT2D eigenvalue weighted by molar-refractivity contribution is 0.0387. The Kier molecular flexibility index (Phi) is 6.17. The Morgan fingerprint density at radius 3 is 2.74 bits per heavy atom. The van der Waals surface area contributed by atoms with Crippen LogP contribution in [0.3, 0.4) is 0 Å². The second kappa shape index (κ2) is 8.17. The van der Waals surface area contributed by atoms with E-state index in [4.69, 9.17) is 4.74 Å². The average Bonchev–Trinajstić information content (AvgIpc) is 2.93. The van der Waals surface area contributed by atoms with Crippen molar-refractivity contribution in [3.8, 4) is 0 Å². The molecule has 1 aliphatic carbocycles. The zero-order valence-corrected chi connectivity index (χ0v) is 11.6. The van der Waals surface area contributed by atoms with Crippen molar-refractivity contribution in [3.05, 3.63) is 12.3 Å². The van der Waals surface area contributed by atoms with Crippen LogP contribution < -0.4 is 10.6 Å². The lowest BCUT2D eigenvalue weighted by Crippen LogP contribution is -2.42. The van der Waals surface area contributed by atoms with Gasteiger partial charge in [0.15, 0.2) is 0 Å². The van der Waals surface area contributed by atoms with Crippen LogP contribution in [0, 0.1) is 5.92 Å². The molecule has 0 bridgehead atoms. The van der Waals surface area contributed by atoms with E-state index >= 15 is 0 Å². The molecule has 5 nitrogen and oxygen atoms in total. The van der Waals surface area contributed by atoms with Crippen molar-refractivity contribution in [2.45, 2.75) is 25.7 Å². The molecule has 5 heteroatoms. The van der Waals surface area contributed by atoms with Gasteiger partial charge in [-0.1, -0.05) is 18.9 Å². The summed E-state index contributed by atoms with van der Waals surface area (Å²) in [6.45, 7) is 5.11. The smallest absolute Gasteiger partial charge is 0.318 e. The monoisotopic (exact) mass is 267 g/mol. The lowest BCUT2D eigenvalue weighted by atomic mass is 10.1. The van der Waals surface area contributed by atoms with Crippen molar-refractivity contribution in [1.29, 1.82) is 0 Å². The van der Waals surface area contributed by atoms with Crippen LogP contribution in [0.15, 0.2) is 12.3 Å². The largest absolute Gasteiger partial charge is 0.379 e. The van der Waals surface area contributed by atoms with Crippen LogP contribution in [0.25, 0.3) is 0 Å². The molecular weight excluding hydrogens is 242 g/mol. The number of rotatable bonds is 5. The molecule has 2 fully saturated rings. The number of nitrogens with one attached hydrogen (secondary N) is 2. The zero-order chi connectivity index (χ0) is 13.3. The standard InChI is InChI=1S/C14H25N3O2/c18-14(15-6-5-13-3-1-2-4-13)16-7-8-17-9-11-19-12-10-17/h5-6,13H,1-4,7-12H2,(H2,15,16,18)/b6-5+. The first-order valence-electron chi connectivity index (χ1n) is 7.36. The maximum Gasteiger partial charge on any atom is 0.318 e. The number of ether oxygens (including phenoxy) is 1. The quantitative estimate of drug-likeness (QED) is 0.790. The third kappa shape index (κ3) is 5.61. The Bertz CT molecular complexity index is 295. The molecule has 1 aliphatic heterocycles. The van der Waals surface area contributed by atoms with Crippen LogP contribution in [-0.2, 0) is 4.74 Å². The molecule has 0 atom stereocenters. The van der Waals surface area contributed by atoms with Gasteiger partial charge in [-0.3, -0.25) is 4.90 Å². The van der Waals surface area contributed by atoms with Gasteiger partial charge in [0.1, 0.15) is 0 Å². The highest BCUT2D eigenvalue weighted by molar-refractivity contribution is 5.74. The third-order valence-electron chi connectivity index (χ3n) is 3.80. The van der Waals surface area contributed by atoms with E-state index in [0.29, 0.717) is 12.5 Å². The number of urea groups is 1. The molecule has 2 rings (SSSR count). The predicted molar refractivity (Wildman–Crippen MR) is 74.9 cm³/mol. The Labute approximate surface area is 115 Å². The fourth-order valence-electron chi connectivity index (χ4n) is 2.61. The molecule has 0 radical (unpaired) electrons. The molecule has 2 N–H and O–H groups in total. The number of hydrogen-bond acceptors (Lipinski definition) is 3. The first-order valence-corrected chi connectivity index (χ1v) is 7.36. The molecule has 0 aromatic carbocycles. The van der Waals surface area contributed by atoms with Crippen LogP contribution in [0.2, 0.25) is 0 Å². The summed E-state index contributed by atoms with van der Waals surface area (Å²) in [5, 5.41) is 5.65. The molecule has 0 aromatic rings. The first-order chi connectivity index (χ1) is 9.34. The molecule has 19 heavy (non-hydrogen) atoms. The van der Waals surface area contributed by atoms with Gasteiger partial charge in [0.05, 0.1) is 13.2 Å². The Morgan fingerprint density at radius 2 is 2.00 bits per heavy atom. The average molecular weight is 267 g/mol. The summed E-state index contributed by atoms with van der Waals surface area (Å²) in [5.74, 6) is 0.661. The van der Waals surface area contributed by atoms with Gasteiger partial charge in [-0.2, -0.15) is 0 Å². The molecule has 1 saturated carbocycles. The number of nitrogens with zero attached hydrogens (tertiary/aromatic N) is 1. The van der Waals surface area contributed by atoms with E-state index in [2.05, 4.69) is 21.6 Å². The zero-order valence-electron chi connectivity index (χ0n) is 11.6. The fraction of sp³-hybridized carbons (Fsp3) is 0.786. The number of carbonyl (C=O) groups is 1. The van der Waals surface area contributed by atoms with Crippen LogP contribution >= 0.6 is 0 Å². The number of allylic oxidation sites excluding steroid dienone is 1. The number of carbonyl (C=O) groups excluding carboxylic acids is 1. The number of amides is 2. The second-order valence-electron chi connectivity index (χ2n) is 5.26. The van der Waals surface area contributed by atoms with Crippen LogP contribution in [0.4, 0.5) is 4.79 Å². The highest BCUT2D eigenvalue weighted by Gasteiger charge is 2.11. The summed E-state index contributed by atoms with van der Waals surface area (Å²) in [5.41, 5.74) is 0. The summed E-state index contributed by atoms with van der Waals surface area (Å²) in [7, 11) is 0. The van der Waals surface area contributed by atoms with Crippen LogP contribution in [-0.4, -0.2) is 50.3 Å². The van der Waals surface area contributed by atoms with E-state index in [-0.39, 0.29) is 6.03 Å². The summed E-state index contributed by atoms with van der Waals surface area (Å²) < 4.78 is 5.28. The summed E-state index contributed by atoms with van der Waals surface area (Å²) in [4.78, 5) is 13.8. The minimum atomic E-state index is -0.109. The molecule has 0 spiro atoms. The summed E-state index contributed by atoms with van der Waals surface area (Å²) >= 11 is 0. The molecule has 0 unspecified atom stereocenters. The maximum absolute atomic E-state index is 11.5. The van der Waals surface area contributed by atoms with Crippen molar-refractivity contribution in [2.75, 3.05) is 39.4 Å². The molecule has 0 aromatic heterocycles. The molecule has 2 amide bonds. The number of hydrogen-bond donors (Lipinski definition) is 2. The minimum absolute atomic E-state index is 0.109. The highest BCUT2D eigenvalue weighted by Crippen LogP contribution is 2.25. The predicted octanol–water partition coefficient (Wildman–Crippen LogP) is 1.32. The molecule has 1 saturated heterocycles. The van der Waals surface area contributed by atoms with E-state index in [0.717, 1.165) is 32.8 Å². The number of morpholine rings is 1. The Hall–Kier alpha value is -1.07. The van der Waals surface area contributed by atoms with Crippen molar-refractivity contribution in [3.63, 3.8) is 0 Å². The Morgan fingerprint density at radius 1 is 1.26 bits per heavy atom. The van der Waals surface area contributed by atoms with Crippen molar-refractivity contribution >= 4 is 6.03 Å². The van der Waals surface area contributed by atoms with Gasteiger partial charge in [-0.25, -0.2) is 4.79 Å². The maximum atomic E-state index is 11.5. The fourth-order valence-corrected chi connectivity index (χ4v) is 2.61. The van der Waals surface area contributed by atoms with E-state index in [9.17, 15) is 4.79 Å². The molecule has 2 aliphatic rings. The van der Waals surface area contributed by atoms with Crippen molar-refractivity contribution in [2.24, 2.45) is 5.92 Å². The van der Waals surface area contributed by atoms with Gasteiger partial charge in [-0.05, 0) is 18.8 Å². The van der Waals surface area contributed by atoms with Crippen molar-refractivity contribution < 1.29 is 9.53 Å². The van der Waals surface area contributed by atoms with Gasteiger partial charge in [-0.15, -0.1) is 0 Å². The highest BCUT2D eigenvalue weighted by atomic mass is 16.5. The van der Waals surface area contributed by atoms with Gasteiger partial charge < -0.3 is 15.4 Å². The molecule has 108 valence electrons. The van der Waals surface area contributed by atoms with Crippen LogP contribution in [0.5, 0.6) is 0 Å². The van der Waals surface area contributed by atoms with E-state index in [1.165, 1.54) is 25.7 Å². The third-order valence-corrected chi connectivity index (χ3v) is 3.80. The van der Waals surface area contributed by atoms with Crippen molar-refractivity contribution in [1.82, 2.24) is 15.5 Å². The molecular formula is C14H25N3O2. The summed E-state index contributed by atoms with van der Waals surface area (Å²) in [6, 6.07) is -0.109. The first kappa shape index (κ1) is 14.3. The van der Waals surface area contributed by atoms with Crippen LogP contribution in [0.1, 0.15) is 25.7 Å². The van der Waals surface area contributed by atoms with Gasteiger partial charge in [0.2, 0.25) is 0 Å². The minimum Gasteiger partial charge on any atom is -0.379 e. The lowest BCUT2D eigenvalue weighted by Gasteiger charge is -2.26. The van der Waals surface area contributed by atoms with E-state index < -0.39 is 0 Å². The summed E-state index contributed by atoms with van der Waals surface area (Å²) in [6.07, 6.45) is 9.07. The Balaban J connectivity index is 1.51. The van der Waals surface area contributed by atoms with E-state index in [1.54, 1.807) is 6.20 Å². The SMILES string of the molecule is O=C(N/C=C/C1CCCC1)NCCN1CCOCC1. The molecule has 1 heterocycles. The second-order valence-corrected chi connectivity index (χ2v) is 5.26. The topological polar surface area (TPSA) is 53.6 Å². The normalized spacial score (nSPS) is 21.9.